The third-order valence-corrected chi connectivity index (χ3v) is 3.58. The van der Waals surface area contributed by atoms with E-state index in [0.29, 0.717) is 17.0 Å². The van der Waals surface area contributed by atoms with E-state index >= 15 is 0 Å². The van der Waals surface area contributed by atoms with Gasteiger partial charge in [-0.2, -0.15) is 0 Å². The van der Waals surface area contributed by atoms with Gasteiger partial charge in [0.15, 0.2) is 5.58 Å². The van der Waals surface area contributed by atoms with Crippen LogP contribution in [0.4, 0.5) is 0 Å². The summed E-state index contributed by atoms with van der Waals surface area (Å²) >= 11 is 0. The van der Waals surface area contributed by atoms with Crippen LogP contribution >= 0.6 is 0 Å². The SMILES string of the molecule is Cc1ccc(-c2nc3cc(C(C)C(=O)O)ccc3o2)cc1. The molecule has 4 heteroatoms. The zero-order chi connectivity index (χ0) is 15.0. The first-order valence-electron chi connectivity index (χ1n) is 6.75. The van der Waals surface area contributed by atoms with Crippen LogP contribution in [-0.4, -0.2) is 16.1 Å². The van der Waals surface area contributed by atoms with E-state index in [-0.39, 0.29) is 0 Å². The molecular formula is C17H15NO3. The second-order valence-electron chi connectivity index (χ2n) is 5.17. The third-order valence-electron chi connectivity index (χ3n) is 3.58. The Balaban J connectivity index is 2.04. The predicted molar refractivity (Wildman–Crippen MR) is 80.2 cm³/mol. The molecule has 3 rings (SSSR count). The second-order valence-corrected chi connectivity index (χ2v) is 5.17. The molecule has 1 heterocycles. The van der Waals surface area contributed by atoms with Gasteiger partial charge in [-0.3, -0.25) is 4.79 Å². The molecule has 0 aliphatic heterocycles. The Kier molecular flexibility index (Phi) is 3.22. The fourth-order valence-electron chi connectivity index (χ4n) is 2.18. The molecule has 106 valence electrons. The maximum absolute atomic E-state index is 11.1. The highest BCUT2D eigenvalue weighted by molar-refractivity contribution is 5.81. The molecule has 1 unspecified atom stereocenters. The van der Waals surface area contributed by atoms with Crippen molar-refractivity contribution in [3.05, 3.63) is 53.6 Å². The molecule has 21 heavy (non-hydrogen) atoms. The van der Waals surface area contributed by atoms with Crippen molar-refractivity contribution in [1.29, 1.82) is 0 Å². The quantitative estimate of drug-likeness (QED) is 0.788. The van der Waals surface area contributed by atoms with Gasteiger partial charge >= 0.3 is 5.97 Å². The number of carboxylic acid groups (broad SMARTS) is 1. The summed E-state index contributed by atoms with van der Waals surface area (Å²) in [5.41, 5.74) is 4.14. The smallest absolute Gasteiger partial charge is 0.310 e. The standard InChI is InChI=1S/C17H15NO3/c1-10-3-5-12(6-4-10)16-18-14-9-13(11(2)17(19)20)7-8-15(14)21-16/h3-9,11H,1-2H3,(H,19,20). The molecule has 3 aromatic rings. The zero-order valence-corrected chi connectivity index (χ0v) is 11.8. The molecular weight excluding hydrogens is 266 g/mol. The number of aryl methyl sites for hydroxylation is 1. The number of nitrogens with zero attached hydrogens (tertiary/aromatic N) is 1. The Morgan fingerprint density at radius 1 is 1.19 bits per heavy atom. The van der Waals surface area contributed by atoms with Crippen LogP contribution in [0, 0.1) is 6.92 Å². The number of fused-ring (bicyclic) bond motifs is 1. The molecule has 0 fully saturated rings. The van der Waals surface area contributed by atoms with Gasteiger partial charge < -0.3 is 9.52 Å². The Morgan fingerprint density at radius 2 is 1.90 bits per heavy atom. The first kappa shape index (κ1) is 13.4. The Bertz CT molecular complexity index is 803. The second kappa shape index (κ2) is 5.05. The van der Waals surface area contributed by atoms with Gasteiger partial charge in [-0.05, 0) is 43.7 Å². The van der Waals surface area contributed by atoms with Crippen LogP contribution < -0.4 is 0 Å². The van der Waals surface area contributed by atoms with Crippen molar-refractivity contribution < 1.29 is 14.3 Å². The molecule has 4 nitrogen and oxygen atoms in total. The summed E-state index contributed by atoms with van der Waals surface area (Å²) in [7, 11) is 0. The number of carboxylic acids is 1. The number of hydrogen-bond donors (Lipinski definition) is 1. The van der Waals surface area contributed by atoms with Crippen molar-refractivity contribution in [3.63, 3.8) is 0 Å². The van der Waals surface area contributed by atoms with Crippen molar-refractivity contribution in [2.75, 3.05) is 0 Å². The van der Waals surface area contributed by atoms with Crippen molar-refractivity contribution in [3.8, 4) is 11.5 Å². The minimum atomic E-state index is -0.850. The van der Waals surface area contributed by atoms with Gasteiger partial charge in [0.1, 0.15) is 5.52 Å². The summed E-state index contributed by atoms with van der Waals surface area (Å²) in [5, 5.41) is 9.07. The summed E-state index contributed by atoms with van der Waals surface area (Å²) in [6, 6.07) is 13.2. The summed E-state index contributed by atoms with van der Waals surface area (Å²) in [4.78, 5) is 15.5. The number of oxazole rings is 1. The highest BCUT2D eigenvalue weighted by Gasteiger charge is 2.16. The van der Waals surface area contributed by atoms with Gasteiger partial charge in [0.25, 0.3) is 0 Å². The molecule has 0 bridgehead atoms. The summed E-state index contributed by atoms with van der Waals surface area (Å²) < 4.78 is 5.73. The van der Waals surface area contributed by atoms with Crippen molar-refractivity contribution in [1.82, 2.24) is 4.98 Å². The molecule has 0 aliphatic carbocycles. The Hall–Kier alpha value is -2.62. The van der Waals surface area contributed by atoms with Gasteiger partial charge in [0.05, 0.1) is 5.92 Å². The molecule has 0 amide bonds. The monoisotopic (exact) mass is 281 g/mol. The van der Waals surface area contributed by atoms with Crippen LogP contribution in [0.25, 0.3) is 22.6 Å². The molecule has 0 spiro atoms. The van der Waals surface area contributed by atoms with Crippen LogP contribution in [0.1, 0.15) is 24.0 Å². The van der Waals surface area contributed by atoms with E-state index in [1.165, 1.54) is 5.56 Å². The number of rotatable bonds is 3. The number of carbonyl (C=O) groups is 1. The normalized spacial score (nSPS) is 12.5. The molecule has 2 aromatic carbocycles. The van der Waals surface area contributed by atoms with Crippen LogP contribution in [0.5, 0.6) is 0 Å². The number of aliphatic carboxylic acids is 1. The van der Waals surface area contributed by atoms with E-state index in [4.69, 9.17) is 9.52 Å². The lowest BCUT2D eigenvalue weighted by Gasteiger charge is -2.04. The average molecular weight is 281 g/mol. The predicted octanol–water partition coefficient (Wildman–Crippen LogP) is 3.99. The first-order chi connectivity index (χ1) is 10.0. The lowest BCUT2D eigenvalue weighted by Crippen LogP contribution is -2.06. The van der Waals surface area contributed by atoms with E-state index in [1.807, 2.05) is 31.2 Å². The zero-order valence-electron chi connectivity index (χ0n) is 11.8. The fourth-order valence-corrected chi connectivity index (χ4v) is 2.18. The number of hydrogen-bond acceptors (Lipinski definition) is 3. The highest BCUT2D eigenvalue weighted by atomic mass is 16.4. The van der Waals surface area contributed by atoms with E-state index in [1.54, 1.807) is 25.1 Å². The molecule has 1 atom stereocenters. The van der Waals surface area contributed by atoms with E-state index < -0.39 is 11.9 Å². The molecule has 0 saturated carbocycles. The van der Waals surface area contributed by atoms with E-state index in [9.17, 15) is 4.79 Å². The topological polar surface area (TPSA) is 63.3 Å². The number of benzene rings is 2. The van der Waals surface area contributed by atoms with Gasteiger partial charge in [-0.1, -0.05) is 23.8 Å². The largest absolute Gasteiger partial charge is 0.481 e. The van der Waals surface area contributed by atoms with Crippen LogP contribution in [0.3, 0.4) is 0 Å². The maximum atomic E-state index is 11.1. The van der Waals surface area contributed by atoms with E-state index in [2.05, 4.69) is 4.98 Å². The van der Waals surface area contributed by atoms with Crippen LogP contribution in [0.2, 0.25) is 0 Å². The Morgan fingerprint density at radius 3 is 2.57 bits per heavy atom. The van der Waals surface area contributed by atoms with Gasteiger partial charge in [-0.15, -0.1) is 0 Å². The van der Waals surface area contributed by atoms with Gasteiger partial charge in [-0.25, -0.2) is 4.98 Å². The summed E-state index contributed by atoms with van der Waals surface area (Å²) in [6.45, 7) is 3.68. The lowest BCUT2D eigenvalue weighted by atomic mass is 10.0. The van der Waals surface area contributed by atoms with Crippen LogP contribution in [0.15, 0.2) is 46.9 Å². The summed E-state index contributed by atoms with van der Waals surface area (Å²) in [6.07, 6.45) is 0. The summed E-state index contributed by atoms with van der Waals surface area (Å²) in [5.74, 6) is -0.865. The highest BCUT2D eigenvalue weighted by Crippen LogP contribution is 2.27. The minimum absolute atomic E-state index is 0.546. The van der Waals surface area contributed by atoms with Crippen molar-refractivity contribution in [2.45, 2.75) is 19.8 Å². The van der Waals surface area contributed by atoms with Gasteiger partial charge in [0, 0.05) is 5.56 Å². The molecule has 0 saturated heterocycles. The van der Waals surface area contributed by atoms with Crippen molar-refractivity contribution >= 4 is 17.1 Å². The van der Waals surface area contributed by atoms with E-state index in [0.717, 1.165) is 11.1 Å². The maximum Gasteiger partial charge on any atom is 0.310 e. The first-order valence-corrected chi connectivity index (χ1v) is 6.75. The molecule has 1 aromatic heterocycles. The fraction of sp³-hybridized carbons (Fsp3) is 0.176. The number of aromatic nitrogens is 1. The molecule has 0 aliphatic rings. The molecule has 0 radical (unpaired) electrons. The lowest BCUT2D eigenvalue weighted by molar-refractivity contribution is -0.138. The average Bonchev–Trinajstić information content (AvgIpc) is 2.89. The minimum Gasteiger partial charge on any atom is -0.481 e. The van der Waals surface area contributed by atoms with Gasteiger partial charge in [0.2, 0.25) is 5.89 Å². The van der Waals surface area contributed by atoms with Crippen LogP contribution in [-0.2, 0) is 4.79 Å². The third kappa shape index (κ3) is 2.52. The van der Waals surface area contributed by atoms with Crippen molar-refractivity contribution in [2.24, 2.45) is 0 Å². The Labute approximate surface area is 122 Å². The molecule has 1 N–H and O–H groups in total.